The Labute approximate surface area is 106 Å². The molecule has 1 aliphatic heterocycles. The van der Waals surface area contributed by atoms with Crippen LogP contribution < -0.4 is 4.74 Å². The van der Waals surface area contributed by atoms with Crippen molar-refractivity contribution in [2.24, 2.45) is 0 Å². The Morgan fingerprint density at radius 1 is 1.53 bits per heavy atom. The quantitative estimate of drug-likeness (QED) is 0.808. The second-order valence-corrected chi connectivity index (χ2v) is 4.59. The van der Waals surface area contributed by atoms with Gasteiger partial charge in [-0.25, -0.2) is 4.98 Å². The summed E-state index contributed by atoms with van der Waals surface area (Å²) in [6.07, 6.45) is 3.62. The molecule has 0 unspecified atom stereocenters. The first-order chi connectivity index (χ1) is 8.20. The third-order valence-electron chi connectivity index (χ3n) is 2.92. The normalized spacial score (nSPS) is 17.7. The van der Waals surface area contributed by atoms with Gasteiger partial charge in [0, 0.05) is 19.3 Å². The third-order valence-corrected chi connectivity index (χ3v) is 3.29. The van der Waals surface area contributed by atoms with E-state index in [-0.39, 0.29) is 6.10 Å². The first-order valence-electron chi connectivity index (χ1n) is 5.60. The molecule has 1 aliphatic rings. The summed E-state index contributed by atoms with van der Waals surface area (Å²) in [6, 6.07) is 3.61. The van der Waals surface area contributed by atoms with E-state index in [2.05, 4.69) is 16.9 Å². The third kappa shape index (κ3) is 2.87. The molecule has 0 atom stereocenters. The zero-order valence-corrected chi connectivity index (χ0v) is 10.4. The van der Waals surface area contributed by atoms with Crippen LogP contribution in [0.4, 0.5) is 0 Å². The summed E-state index contributed by atoms with van der Waals surface area (Å²) in [7, 11) is 2.09. The molecule has 17 heavy (non-hydrogen) atoms. The predicted octanol–water partition coefficient (Wildman–Crippen LogP) is 2.08. The van der Waals surface area contributed by atoms with Gasteiger partial charge in [-0.2, -0.15) is 5.26 Å². The highest BCUT2D eigenvalue weighted by molar-refractivity contribution is 6.32. The van der Waals surface area contributed by atoms with Crippen LogP contribution in [0.25, 0.3) is 0 Å². The van der Waals surface area contributed by atoms with E-state index in [9.17, 15) is 0 Å². The fourth-order valence-corrected chi connectivity index (χ4v) is 2.05. The number of piperidine rings is 1. The van der Waals surface area contributed by atoms with Gasteiger partial charge in [0.15, 0.2) is 0 Å². The fourth-order valence-electron chi connectivity index (χ4n) is 1.85. The molecule has 1 fully saturated rings. The minimum absolute atomic E-state index is 0.144. The second kappa shape index (κ2) is 5.35. The number of likely N-dealkylation sites (tertiary alicyclic amines) is 1. The molecule has 0 spiro atoms. The van der Waals surface area contributed by atoms with Crippen molar-refractivity contribution in [1.29, 1.82) is 5.26 Å². The molecule has 0 bridgehead atoms. The Balaban J connectivity index is 2.06. The molecule has 0 amide bonds. The van der Waals surface area contributed by atoms with E-state index in [0.717, 1.165) is 25.9 Å². The van der Waals surface area contributed by atoms with Crippen molar-refractivity contribution in [2.45, 2.75) is 18.9 Å². The zero-order chi connectivity index (χ0) is 12.3. The molecule has 2 rings (SSSR count). The average molecular weight is 252 g/mol. The highest BCUT2D eigenvalue weighted by atomic mass is 35.5. The van der Waals surface area contributed by atoms with Crippen molar-refractivity contribution in [2.75, 3.05) is 20.1 Å². The first-order valence-corrected chi connectivity index (χ1v) is 5.98. The smallest absolute Gasteiger partial charge is 0.234 e. The Hall–Kier alpha value is -1.31. The molecule has 1 aromatic rings. The molecular formula is C12H14ClN3O. The topological polar surface area (TPSA) is 49.1 Å². The van der Waals surface area contributed by atoms with Crippen molar-refractivity contribution >= 4 is 11.6 Å². The van der Waals surface area contributed by atoms with Gasteiger partial charge in [-0.15, -0.1) is 0 Å². The van der Waals surface area contributed by atoms with Gasteiger partial charge >= 0.3 is 0 Å². The van der Waals surface area contributed by atoms with Crippen molar-refractivity contribution in [3.05, 3.63) is 22.8 Å². The number of nitrogens with zero attached hydrogens (tertiary/aromatic N) is 3. The number of hydrogen-bond acceptors (Lipinski definition) is 4. The molecule has 0 aliphatic carbocycles. The maximum absolute atomic E-state index is 8.86. The summed E-state index contributed by atoms with van der Waals surface area (Å²) < 4.78 is 5.76. The standard InChI is InChI=1S/C12H14ClN3O/c1-16-6-3-10(4-7-16)17-12-11(13)9(8-14)2-5-15-12/h2,5,10H,3-4,6-7H2,1H3. The molecule has 90 valence electrons. The lowest BCUT2D eigenvalue weighted by Gasteiger charge is -2.29. The molecule has 0 saturated carbocycles. The highest BCUT2D eigenvalue weighted by Crippen LogP contribution is 2.27. The number of nitriles is 1. The van der Waals surface area contributed by atoms with Crippen molar-refractivity contribution in [3.63, 3.8) is 0 Å². The van der Waals surface area contributed by atoms with Gasteiger partial charge < -0.3 is 9.64 Å². The van der Waals surface area contributed by atoms with Gasteiger partial charge in [-0.3, -0.25) is 0 Å². The van der Waals surface area contributed by atoms with E-state index in [1.54, 1.807) is 12.3 Å². The van der Waals surface area contributed by atoms with Crippen molar-refractivity contribution in [3.8, 4) is 11.9 Å². The maximum Gasteiger partial charge on any atom is 0.234 e. The van der Waals surface area contributed by atoms with Gasteiger partial charge in [0.25, 0.3) is 0 Å². The molecule has 2 heterocycles. The summed E-state index contributed by atoms with van der Waals surface area (Å²) in [4.78, 5) is 6.35. The van der Waals surface area contributed by atoms with Crippen LogP contribution in [-0.2, 0) is 0 Å². The lowest BCUT2D eigenvalue weighted by Crippen LogP contribution is -2.35. The SMILES string of the molecule is CN1CCC(Oc2nccc(C#N)c2Cl)CC1. The van der Waals surface area contributed by atoms with Gasteiger partial charge in [0.05, 0.1) is 5.56 Å². The van der Waals surface area contributed by atoms with E-state index in [4.69, 9.17) is 21.6 Å². The Kier molecular flexibility index (Phi) is 3.82. The average Bonchev–Trinajstić information content (AvgIpc) is 2.35. The predicted molar refractivity (Wildman–Crippen MR) is 65.1 cm³/mol. The van der Waals surface area contributed by atoms with E-state index in [1.165, 1.54) is 0 Å². The summed E-state index contributed by atoms with van der Waals surface area (Å²) >= 11 is 6.04. The first kappa shape index (κ1) is 12.2. The lowest BCUT2D eigenvalue weighted by atomic mass is 10.1. The fraction of sp³-hybridized carbons (Fsp3) is 0.500. The number of hydrogen-bond donors (Lipinski definition) is 0. The molecule has 4 nitrogen and oxygen atoms in total. The van der Waals surface area contributed by atoms with Crippen LogP contribution in [0.5, 0.6) is 5.88 Å². The number of ether oxygens (including phenoxy) is 1. The molecular weight excluding hydrogens is 238 g/mol. The summed E-state index contributed by atoms with van der Waals surface area (Å²) in [6.45, 7) is 2.03. The second-order valence-electron chi connectivity index (χ2n) is 4.21. The molecule has 0 aromatic carbocycles. The minimum Gasteiger partial charge on any atom is -0.473 e. The van der Waals surface area contributed by atoms with E-state index >= 15 is 0 Å². The van der Waals surface area contributed by atoms with E-state index < -0.39 is 0 Å². The molecule has 1 saturated heterocycles. The number of pyridine rings is 1. The van der Waals surface area contributed by atoms with Crippen LogP contribution >= 0.6 is 11.6 Å². The highest BCUT2D eigenvalue weighted by Gasteiger charge is 2.20. The molecule has 5 heteroatoms. The van der Waals surface area contributed by atoms with Crippen molar-refractivity contribution in [1.82, 2.24) is 9.88 Å². The van der Waals surface area contributed by atoms with Gasteiger partial charge in [0.1, 0.15) is 17.2 Å². The van der Waals surface area contributed by atoms with Crippen LogP contribution in [0.2, 0.25) is 5.02 Å². The van der Waals surface area contributed by atoms with Crippen LogP contribution in [0.15, 0.2) is 12.3 Å². The molecule has 0 radical (unpaired) electrons. The summed E-state index contributed by atoms with van der Waals surface area (Å²) in [5, 5.41) is 9.17. The van der Waals surface area contributed by atoms with E-state index in [1.807, 2.05) is 6.07 Å². The largest absolute Gasteiger partial charge is 0.473 e. The number of aromatic nitrogens is 1. The minimum atomic E-state index is 0.144. The molecule has 0 N–H and O–H groups in total. The lowest BCUT2D eigenvalue weighted by molar-refractivity contribution is 0.110. The molecule has 1 aromatic heterocycles. The van der Waals surface area contributed by atoms with E-state index in [0.29, 0.717) is 16.5 Å². The van der Waals surface area contributed by atoms with Crippen LogP contribution in [-0.4, -0.2) is 36.1 Å². The number of halogens is 1. The van der Waals surface area contributed by atoms with Crippen LogP contribution in [0.1, 0.15) is 18.4 Å². The summed E-state index contributed by atoms with van der Waals surface area (Å²) in [5.74, 6) is 0.375. The van der Waals surface area contributed by atoms with Gasteiger partial charge in [0.2, 0.25) is 5.88 Å². The Morgan fingerprint density at radius 2 is 2.24 bits per heavy atom. The monoisotopic (exact) mass is 251 g/mol. The number of rotatable bonds is 2. The Bertz CT molecular complexity index is 436. The maximum atomic E-state index is 8.86. The van der Waals surface area contributed by atoms with Gasteiger partial charge in [-0.05, 0) is 26.0 Å². The zero-order valence-electron chi connectivity index (χ0n) is 9.69. The van der Waals surface area contributed by atoms with Crippen molar-refractivity contribution < 1.29 is 4.74 Å². The van der Waals surface area contributed by atoms with Crippen LogP contribution in [0, 0.1) is 11.3 Å². The van der Waals surface area contributed by atoms with Crippen LogP contribution in [0.3, 0.4) is 0 Å². The van der Waals surface area contributed by atoms with Gasteiger partial charge in [-0.1, -0.05) is 11.6 Å². The Morgan fingerprint density at radius 3 is 2.88 bits per heavy atom. The summed E-state index contributed by atoms with van der Waals surface area (Å²) in [5.41, 5.74) is 0.407.